The number of amides is 2. The minimum absolute atomic E-state index is 0.0480. The van der Waals surface area contributed by atoms with Gasteiger partial charge in [-0.25, -0.2) is 0 Å². The number of hydrogen-bond acceptors (Lipinski definition) is 4. The summed E-state index contributed by atoms with van der Waals surface area (Å²) in [5.41, 5.74) is 2.62. The molecule has 0 aliphatic carbocycles. The highest BCUT2D eigenvalue weighted by Gasteiger charge is 2.10. The van der Waals surface area contributed by atoms with Crippen molar-refractivity contribution in [2.24, 2.45) is 0 Å². The van der Waals surface area contributed by atoms with Gasteiger partial charge in [-0.1, -0.05) is 18.2 Å². The SMILES string of the molecule is CC(=O)c1ccc(NC(=O)/C=C(/C)C(=O)Nc2cccc3cccnc23)cc1. The van der Waals surface area contributed by atoms with Crippen LogP contribution < -0.4 is 10.6 Å². The third kappa shape index (κ3) is 4.48. The van der Waals surface area contributed by atoms with Gasteiger partial charge in [0.15, 0.2) is 5.78 Å². The van der Waals surface area contributed by atoms with E-state index >= 15 is 0 Å². The summed E-state index contributed by atoms with van der Waals surface area (Å²) in [6.07, 6.45) is 2.89. The molecule has 1 aromatic heterocycles. The zero-order valence-electron chi connectivity index (χ0n) is 15.5. The molecule has 3 aromatic rings. The lowest BCUT2D eigenvalue weighted by Gasteiger charge is -2.08. The minimum atomic E-state index is -0.431. The molecule has 0 unspecified atom stereocenters. The molecule has 28 heavy (non-hydrogen) atoms. The van der Waals surface area contributed by atoms with E-state index in [9.17, 15) is 14.4 Å². The van der Waals surface area contributed by atoms with Crippen LogP contribution in [0.25, 0.3) is 10.9 Å². The monoisotopic (exact) mass is 373 g/mol. The van der Waals surface area contributed by atoms with E-state index in [1.54, 1.807) is 43.5 Å². The van der Waals surface area contributed by atoms with Gasteiger partial charge >= 0.3 is 0 Å². The molecule has 2 N–H and O–H groups in total. The number of aromatic nitrogens is 1. The van der Waals surface area contributed by atoms with Gasteiger partial charge in [0.1, 0.15) is 0 Å². The van der Waals surface area contributed by atoms with Gasteiger partial charge in [-0.05, 0) is 50.2 Å². The van der Waals surface area contributed by atoms with Crippen molar-refractivity contribution in [3.8, 4) is 0 Å². The van der Waals surface area contributed by atoms with Gasteiger partial charge in [-0.15, -0.1) is 0 Å². The Kier molecular flexibility index (Phi) is 5.60. The number of rotatable bonds is 5. The number of nitrogens with one attached hydrogen (secondary N) is 2. The lowest BCUT2D eigenvalue weighted by Crippen LogP contribution is -2.16. The smallest absolute Gasteiger partial charge is 0.251 e. The number of ketones is 1. The van der Waals surface area contributed by atoms with Gasteiger partial charge < -0.3 is 10.6 Å². The van der Waals surface area contributed by atoms with E-state index in [1.807, 2.05) is 24.3 Å². The summed E-state index contributed by atoms with van der Waals surface area (Å²) in [4.78, 5) is 40.2. The van der Waals surface area contributed by atoms with Crippen LogP contribution in [0.5, 0.6) is 0 Å². The van der Waals surface area contributed by atoms with E-state index in [0.29, 0.717) is 22.5 Å². The normalized spacial score (nSPS) is 11.1. The fourth-order valence-electron chi connectivity index (χ4n) is 2.65. The molecule has 6 nitrogen and oxygen atoms in total. The fraction of sp³-hybridized carbons (Fsp3) is 0.0909. The predicted molar refractivity (Wildman–Crippen MR) is 109 cm³/mol. The number of benzene rings is 2. The van der Waals surface area contributed by atoms with Crippen molar-refractivity contribution in [2.45, 2.75) is 13.8 Å². The summed E-state index contributed by atoms with van der Waals surface area (Å²) in [6.45, 7) is 3.04. The Morgan fingerprint density at radius 1 is 0.893 bits per heavy atom. The molecule has 3 rings (SSSR count). The maximum atomic E-state index is 12.4. The van der Waals surface area contributed by atoms with Crippen molar-refractivity contribution < 1.29 is 14.4 Å². The zero-order valence-corrected chi connectivity index (χ0v) is 15.5. The Balaban J connectivity index is 1.68. The fourth-order valence-corrected chi connectivity index (χ4v) is 2.65. The number of para-hydroxylation sites is 1. The van der Waals surface area contributed by atoms with Gasteiger partial charge in [0.05, 0.1) is 11.2 Å². The standard InChI is InChI=1S/C22H19N3O3/c1-14(13-20(27)24-18-10-8-16(9-11-18)15(2)26)22(28)25-19-7-3-5-17-6-4-12-23-21(17)19/h3-13H,1-2H3,(H,24,27)(H,25,28)/b14-13-. The van der Waals surface area contributed by atoms with Crippen molar-refractivity contribution in [1.82, 2.24) is 4.98 Å². The van der Waals surface area contributed by atoms with Gasteiger partial charge in [0.25, 0.3) is 5.91 Å². The molecule has 0 saturated carbocycles. The number of nitrogens with zero attached hydrogens (tertiary/aromatic N) is 1. The molecule has 0 radical (unpaired) electrons. The summed E-state index contributed by atoms with van der Waals surface area (Å²) in [5, 5.41) is 6.37. The Labute approximate surface area is 162 Å². The van der Waals surface area contributed by atoms with Crippen molar-refractivity contribution in [2.75, 3.05) is 10.6 Å². The molecule has 2 aromatic carbocycles. The van der Waals surface area contributed by atoms with Gasteiger partial charge in [-0.3, -0.25) is 19.4 Å². The highest BCUT2D eigenvalue weighted by atomic mass is 16.2. The molecule has 1 heterocycles. The molecule has 140 valence electrons. The summed E-state index contributed by atoms with van der Waals surface area (Å²) < 4.78 is 0. The van der Waals surface area contributed by atoms with Crippen LogP contribution in [0.1, 0.15) is 24.2 Å². The van der Waals surface area contributed by atoms with Crippen LogP contribution in [0, 0.1) is 0 Å². The second-order valence-electron chi connectivity index (χ2n) is 6.28. The van der Waals surface area contributed by atoms with E-state index in [0.717, 1.165) is 5.39 Å². The van der Waals surface area contributed by atoms with Gasteiger partial charge in [0, 0.05) is 34.5 Å². The second-order valence-corrected chi connectivity index (χ2v) is 6.28. The van der Waals surface area contributed by atoms with Crippen molar-refractivity contribution in [1.29, 1.82) is 0 Å². The van der Waals surface area contributed by atoms with Crippen LogP contribution in [-0.2, 0) is 9.59 Å². The highest BCUT2D eigenvalue weighted by molar-refractivity contribution is 6.12. The Bertz CT molecular complexity index is 1080. The third-order valence-corrected chi connectivity index (χ3v) is 4.15. The van der Waals surface area contributed by atoms with Crippen LogP contribution in [0.2, 0.25) is 0 Å². The number of Topliss-reactive ketones (excluding diaryl/α,β-unsaturated/α-hetero) is 1. The van der Waals surface area contributed by atoms with Crippen LogP contribution in [0.3, 0.4) is 0 Å². The lowest BCUT2D eigenvalue weighted by molar-refractivity contribution is -0.114. The molecule has 0 saturated heterocycles. The topological polar surface area (TPSA) is 88.2 Å². The first-order valence-electron chi connectivity index (χ1n) is 8.69. The lowest BCUT2D eigenvalue weighted by atomic mass is 10.1. The largest absolute Gasteiger partial charge is 0.323 e. The Hall–Kier alpha value is -3.80. The molecule has 0 aliphatic heterocycles. The maximum absolute atomic E-state index is 12.4. The number of fused-ring (bicyclic) bond motifs is 1. The molecular formula is C22H19N3O3. The molecule has 6 heteroatoms. The molecule has 0 spiro atoms. The summed E-state index contributed by atoms with van der Waals surface area (Å²) in [6, 6.07) is 15.8. The van der Waals surface area contributed by atoms with Gasteiger partial charge in [0.2, 0.25) is 5.91 Å². The number of carbonyl (C=O) groups excluding carboxylic acids is 3. The summed E-state index contributed by atoms with van der Waals surface area (Å²) in [7, 11) is 0. The Morgan fingerprint density at radius 2 is 1.61 bits per heavy atom. The highest BCUT2D eigenvalue weighted by Crippen LogP contribution is 2.21. The van der Waals surface area contributed by atoms with E-state index in [1.165, 1.54) is 13.0 Å². The first kappa shape index (κ1) is 19.0. The van der Waals surface area contributed by atoms with Crippen molar-refractivity contribution >= 4 is 39.9 Å². The number of carbonyl (C=O) groups is 3. The molecular weight excluding hydrogens is 354 g/mol. The average Bonchev–Trinajstić information content (AvgIpc) is 2.68. The number of anilines is 2. The molecule has 0 aliphatic rings. The number of pyridine rings is 1. The maximum Gasteiger partial charge on any atom is 0.251 e. The van der Waals surface area contributed by atoms with Crippen molar-refractivity contribution in [3.63, 3.8) is 0 Å². The molecule has 0 bridgehead atoms. The van der Waals surface area contributed by atoms with Crippen LogP contribution in [-0.4, -0.2) is 22.6 Å². The third-order valence-electron chi connectivity index (χ3n) is 4.15. The molecule has 0 fully saturated rings. The average molecular weight is 373 g/mol. The van der Waals surface area contributed by atoms with E-state index < -0.39 is 5.91 Å². The minimum Gasteiger partial charge on any atom is -0.323 e. The van der Waals surface area contributed by atoms with Gasteiger partial charge in [-0.2, -0.15) is 0 Å². The molecule has 0 atom stereocenters. The number of hydrogen-bond donors (Lipinski definition) is 2. The predicted octanol–water partition coefficient (Wildman–Crippen LogP) is 3.96. The summed E-state index contributed by atoms with van der Waals surface area (Å²) >= 11 is 0. The Morgan fingerprint density at radius 3 is 2.32 bits per heavy atom. The summed E-state index contributed by atoms with van der Waals surface area (Å²) in [5.74, 6) is -0.868. The van der Waals surface area contributed by atoms with E-state index in [2.05, 4.69) is 15.6 Å². The zero-order chi connectivity index (χ0) is 20.1. The first-order chi connectivity index (χ1) is 13.4. The van der Waals surface area contributed by atoms with Crippen molar-refractivity contribution in [3.05, 3.63) is 78.0 Å². The first-order valence-corrected chi connectivity index (χ1v) is 8.69. The second kappa shape index (κ2) is 8.26. The van der Waals surface area contributed by atoms with Crippen LogP contribution in [0.15, 0.2) is 72.4 Å². The van der Waals surface area contributed by atoms with Crippen LogP contribution in [0.4, 0.5) is 11.4 Å². The van der Waals surface area contributed by atoms with Crippen LogP contribution >= 0.6 is 0 Å². The van der Waals surface area contributed by atoms with E-state index in [4.69, 9.17) is 0 Å². The quantitative estimate of drug-likeness (QED) is 0.523. The van der Waals surface area contributed by atoms with E-state index in [-0.39, 0.29) is 17.3 Å². The molecule has 2 amide bonds.